The highest BCUT2D eigenvalue weighted by atomic mass is 32.1. The van der Waals surface area contributed by atoms with Crippen molar-refractivity contribution in [3.63, 3.8) is 0 Å². The lowest BCUT2D eigenvalue weighted by molar-refractivity contribution is 0.294. The number of aromatic nitrogens is 1. The zero-order valence-electron chi connectivity index (χ0n) is 12.8. The van der Waals surface area contributed by atoms with Gasteiger partial charge in [-0.1, -0.05) is 13.8 Å². The smallest absolute Gasteiger partial charge is 0.161 e. The van der Waals surface area contributed by atoms with Gasteiger partial charge in [0.1, 0.15) is 5.01 Å². The topological polar surface area (TPSA) is 43.4 Å². The molecule has 0 fully saturated rings. The molecule has 114 valence electrons. The molecule has 0 aliphatic carbocycles. The van der Waals surface area contributed by atoms with Crippen molar-refractivity contribution in [2.45, 2.75) is 26.8 Å². The molecule has 0 unspecified atom stereocenters. The number of hydrogen-bond acceptors (Lipinski definition) is 5. The van der Waals surface area contributed by atoms with Crippen LogP contribution in [0.5, 0.6) is 11.5 Å². The van der Waals surface area contributed by atoms with Gasteiger partial charge < -0.3 is 14.8 Å². The number of thiazole rings is 1. The van der Waals surface area contributed by atoms with Crippen molar-refractivity contribution in [1.82, 2.24) is 10.3 Å². The van der Waals surface area contributed by atoms with E-state index in [0.29, 0.717) is 6.61 Å². The molecule has 0 aliphatic rings. The Morgan fingerprint density at radius 3 is 2.81 bits per heavy atom. The van der Waals surface area contributed by atoms with Crippen LogP contribution in [0.3, 0.4) is 0 Å². The number of ether oxygens (including phenoxy) is 2. The van der Waals surface area contributed by atoms with E-state index in [1.165, 1.54) is 4.88 Å². The van der Waals surface area contributed by atoms with E-state index in [-0.39, 0.29) is 0 Å². The molecule has 1 heterocycles. The van der Waals surface area contributed by atoms with Crippen molar-refractivity contribution >= 4 is 11.3 Å². The van der Waals surface area contributed by atoms with Gasteiger partial charge in [-0.05, 0) is 31.2 Å². The summed E-state index contributed by atoms with van der Waals surface area (Å²) < 4.78 is 11.1. The molecular weight excluding hydrogens is 284 g/mol. The van der Waals surface area contributed by atoms with Crippen molar-refractivity contribution in [3.8, 4) is 22.1 Å². The van der Waals surface area contributed by atoms with Gasteiger partial charge in [-0.15, -0.1) is 11.3 Å². The maximum absolute atomic E-state index is 5.75. The van der Waals surface area contributed by atoms with Crippen LogP contribution in [0.2, 0.25) is 0 Å². The molecule has 0 atom stereocenters. The second-order valence-electron chi connectivity index (χ2n) is 4.63. The number of methoxy groups -OCH3 is 1. The molecule has 4 nitrogen and oxygen atoms in total. The van der Waals surface area contributed by atoms with Crippen LogP contribution >= 0.6 is 11.3 Å². The summed E-state index contributed by atoms with van der Waals surface area (Å²) in [7, 11) is 1.66. The number of benzene rings is 1. The molecule has 1 aromatic heterocycles. The SMILES string of the molecule is CCCOc1cc(-c2ncc(CNCC)s2)ccc1OC. The molecule has 2 rings (SSSR count). The Bertz CT molecular complexity index is 569. The van der Waals surface area contributed by atoms with Gasteiger partial charge >= 0.3 is 0 Å². The minimum atomic E-state index is 0.684. The summed E-state index contributed by atoms with van der Waals surface area (Å²) in [5.41, 5.74) is 1.06. The standard InChI is InChI=1S/C16H22N2O2S/c1-4-8-20-15-9-12(6-7-14(15)19-3)16-18-11-13(21-16)10-17-5-2/h6-7,9,11,17H,4-5,8,10H2,1-3H3. The van der Waals surface area contributed by atoms with Crippen molar-refractivity contribution in [2.75, 3.05) is 20.3 Å². The molecule has 0 spiro atoms. The molecule has 0 aliphatic heterocycles. The van der Waals surface area contributed by atoms with E-state index in [1.807, 2.05) is 24.4 Å². The van der Waals surface area contributed by atoms with Gasteiger partial charge in [-0.2, -0.15) is 0 Å². The van der Waals surface area contributed by atoms with Crippen molar-refractivity contribution in [1.29, 1.82) is 0 Å². The summed E-state index contributed by atoms with van der Waals surface area (Å²) in [4.78, 5) is 5.73. The fraction of sp³-hybridized carbons (Fsp3) is 0.438. The monoisotopic (exact) mass is 306 g/mol. The van der Waals surface area contributed by atoms with Crippen LogP contribution in [0.25, 0.3) is 10.6 Å². The van der Waals surface area contributed by atoms with Gasteiger partial charge in [-0.3, -0.25) is 0 Å². The van der Waals surface area contributed by atoms with E-state index in [9.17, 15) is 0 Å². The zero-order valence-corrected chi connectivity index (χ0v) is 13.6. The van der Waals surface area contributed by atoms with Gasteiger partial charge in [0.2, 0.25) is 0 Å². The van der Waals surface area contributed by atoms with E-state index in [1.54, 1.807) is 18.4 Å². The predicted octanol–water partition coefficient (Wildman–Crippen LogP) is 3.72. The third-order valence-corrected chi connectivity index (χ3v) is 4.02. The summed E-state index contributed by atoms with van der Waals surface area (Å²) in [5, 5.41) is 4.32. The van der Waals surface area contributed by atoms with E-state index < -0.39 is 0 Å². The molecular formula is C16H22N2O2S. The van der Waals surface area contributed by atoms with Gasteiger partial charge in [0.05, 0.1) is 13.7 Å². The maximum atomic E-state index is 5.75. The van der Waals surface area contributed by atoms with Gasteiger partial charge in [0.25, 0.3) is 0 Å². The second-order valence-corrected chi connectivity index (χ2v) is 5.74. The first kappa shape index (κ1) is 15.8. The van der Waals surface area contributed by atoms with E-state index >= 15 is 0 Å². The summed E-state index contributed by atoms with van der Waals surface area (Å²) in [5.74, 6) is 1.54. The molecule has 1 aromatic carbocycles. The van der Waals surface area contributed by atoms with Crippen molar-refractivity contribution < 1.29 is 9.47 Å². The molecule has 0 amide bonds. The van der Waals surface area contributed by atoms with Crippen LogP contribution in [0.1, 0.15) is 25.1 Å². The first-order valence-electron chi connectivity index (χ1n) is 7.25. The van der Waals surface area contributed by atoms with Crippen molar-refractivity contribution in [3.05, 3.63) is 29.3 Å². The first-order chi connectivity index (χ1) is 10.3. The molecule has 0 bridgehead atoms. The lowest BCUT2D eigenvalue weighted by Gasteiger charge is -2.10. The molecule has 1 N–H and O–H groups in total. The summed E-state index contributed by atoms with van der Waals surface area (Å²) >= 11 is 1.70. The van der Waals surface area contributed by atoms with Crippen molar-refractivity contribution in [2.24, 2.45) is 0 Å². The molecule has 5 heteroatoms. The summed E-state index contributed by atoms with van der Waals surface area (Å²) in [6, 6.07) is 5.96. The molecule has 0 saturated carbocycles. The summed E-state index contributed by atoms with van der Waals surface area (Å²) in [6.45, 7) is 6.70. The Balaban J connectivity index is 2.20. The van der Waals surface area contributed by atoms with Gasteiger partial charge in [0.15, 0.2) is 11.5 Å². The molecule has 0 radical (unpaired) electrons. The van der Waals surface area contributed by atoms with E-state index in [0.717, 1.165) is 41.6 Å². The van der Waals surface area contributed by atoms with E-state index in [4.69, 9.17) is 9.47 Å². The fourth-order valence-corrected chi connectivity index (χ4v) is 2.78. The number of nitrogens with one attached hydrogen (secondary N) is 1. The highest BCUT2D eigenvalue weighted by molar-refractivity contribution is 7.15. The predicted molar refractivity (Wildman–Crippen MR) is 87.3 cm³/mol. The lowest BCUT2D eigenvalue weighted by atomic mass is 10.2. The first-order valence-corrected chi connectivity index (χ1v) is 8.06. The highest BCUT2D eigenvalue weighted by Gasteiger charge is 2.10. The van der Waals surface area contributed by atoms with Crippen LogP contribution in [-0.4, -0.2) is 25.2 Å². The minimum absolute atomic E-state index is 0.684. The van der Waals surface area contributed by atoms with Gasteiger partial charge in [0, 0.05) is 23.2 Å². The Labute approximate surface area is 130 Å². The Morgan fingerprint density at radius 2 is 2.10 bits per heavy atom. The normalized spacial score (nSPS) is 10.6. The third-order valence-electron chi connectivity index (χ3n) is 2.98. The van der Waals surface area contributed by atoms with Crippen LogP contribution in [0.15, 0.2) is 24.4 Å². The number of nitrogens with zero attached hydrogens (tertiary/aromatic N) is 1. The van der Waals surface area contributed by atoms with Crippen LogP contribution in [-0.2, 0) is 6.54 Å². The summed E-state index contributed by atoms with van der Waals surface area (Å²) in [6.07, 6.45) is 2.90. The minimum Gasteiger partial charge on any atom is -0.493 e. The molecule has 0 saturated heterocycles. The molecule has 21 heavy (non-hydrogen) atoms. The zero-order chi connectivity index (χ0) is 15.1. The third kappa shape index (κ3) is 4.19. The molecule has 2 aromatic rings. The Kier molecular flexibility index (Phi) is 6.02. The number of rotatable bonds is 8. The Hall–Kier alpha value is -1.59. The van der Waals surface area contributed by atoms with Crippen LogP contribution in [0.4, 0.5) is 0 Å². The largest absolute Gasteiger partial charge is 0.493 e. The van der Waals surface area contributed by atoms with Crippen LogP contribution < -0.4 is 14.8 Å². The lowest BCUT2D eigenvalue weighted by Crippen LogP contribution is -2.10. The Morgan fingerprint density at radius 1 is 1.24 bits per heavy atom. The number of hydrogen-bond donors (Lipinski definition) is 1. The highest BCUT2D eigenvalue weighted by Crippen LogP contribution is 2.34. The second kappa shape index (κ2) is 8.00. The van der Waals surface area contributed by atoms with Crippen LogP contribution in [0, 0.1) is 0 Å². The quantitative estimate of drug-likeness (QED) is 0.807. The average Bonchev–Trinajstić information content (AvgIpc) is 2.99. The fourth-order valence-electron chi connectivity index (χ4n) is 1.91. The average molecular weight is 306 g/mol. The van der Waals surface area contributed by atoms with E-state index in [2.05, 4.69) is 24.1 Å². The van der Waals surface area contributed by atoms with Gasteiger partial charge in [-0.25, -0.2) is 4.98 Å². The maximum Gasteiger partial charge on any atom is 0.161 e.